The topological polar surface area (TPSA) is 53.5 Å². The third-order valence-electron chi connectivity index (χ3n) is 5.76. The van der Waals surface area contributed by atoms with Crippen LogP contribution in [-0.2, 0) is 17.8 Å². The molecule has 2 aliphatic rings. The SMILES string of the molecule is CCC(C(=O)N1CCN(Cc2nc3c(s2)C(=O)CCC3)CC1)c1ccccc1. The quantitative estimate of drug-likeness (QED) is 0.775. The van der Waals surface area contributed by atoms with Crippen molar-refractivity contribution in [3.05, 3.63) is 51.5 Å². The molecular formula is C22H27N3O2S. The van der Waals surface area contributed by atoms with Gasteiger partial charge in [0.15, 0.2) is 5.78 Å². The zero-order valence-electron chi connectivity index (χ0n) is 16.4. The van der Waals surface area contributed by atoms with Crippen molar-refractivity contribution in [3.8, 4) is 0 Å². The maximum Gasteiger partial charge on any atom is 0.230 e. The van der Waals surface area contributed by atoms with Crippen LogP contribution in [0.15, 0.2) is 30.3 Å². The number of amides is 1. The van der Waals surface area contributed by atoms with E-state index in [0.29, 0.717) is 6.42 Å². The van der Waals surface area contributed by atoms with Gasteiger partial charge in [-0.15, -0.1) is 11.3 Å². The highest BCUT2D eigenvalue weighted by Crippen LogP contribution is 2.28. The first kappa shape index (κ1) is 19.3. The number of carbonyl (C=O) groups excluding carboxylic acids is 2. The van der Waals surface area contributed by atoms with E-state index in [2.05, 4.69) is 11.8 Å². The fourth-order valence-electron chi connectivity index (χ4n) is 4.16. The van der Waals surface area contributed by atoms with Gasteiger partial charge in [0.2, 0.25) is 5.91 Å². The number of benzene rings is 1. The Hall–Kier alpha value is -2.05. The Bertz CT molecular complexity index is 841. The van der Waals surface area contributed by atoms with Crippen molar-refractivity contribution in [2.75, 3.05) is 26.2 Å². The Balaban J connectivity index is 1.34. The number of rotatable bonds is 5. The van der Waals surface area contributed by atoms with E-state index >= 15 is 0 Å². The summed E-state index contributed by atoms with van der Waals surface area (Å²) in [5.41, 5.74) is 2.11. The molecular weight excluding hydrogens is 370 g/mol. The molecule has 1 aromatic heterocycles. The number of carbonyl (C=O) groups is 2. The molecule has 1 aromatic carbocycles. The fraction of sp³-hybridized carbons (Fsp3) is 0.500. The van der Waals surface area contributed by atoms with Gasteiger partial charge in [0.25, 0.3) is 0 Å². The van der Waals surface area contributed by atoms with Gasteiger partial charge in [-0.2, -0.15) is 0 Å². The Kier molecular flexibility index (Phi) is 5.87. The number of aryl methyl sites for hydroxylation is 1. The van der Waals surface area contributed by atoms with E-state index in [1.165, 1.54) is 0 Å². The third-order valence-corrected chi connectivity index (χ3v) is 6.89. The predicted octanol–water partition coefficient (Wildman–Crippen LogP) is 3.50. The first-order valence-electron chi connectivity index (χ1n) is 10.2. The van der Waals surface area contributed by atoms with Crippen LogP contribution in [0.3, 0.4) is 0 Å². The van der Waals surface area contributed by atoms with Crippen molar-refractivity contribution in [2.45, 2.75) is 45.1 Å². The molecule has 2 heterocycles. The highest BCUT2D eigenvalue weighted by atomic mass is 32.1. The van der Waals surface area contributed by atoms with E-state index in [9.17, 15) is 9.59 Å². The van der Waals surface area contributed by atoms with Gasteiger partial charge in [0.05, 0.1) is 23.0 Å². The fourth-order valence-corrected chi connectivity index (χ4v) is 5.28. The number of hydrogen-bond acceptors (Lipinski definition) is 5. The van der Waals surface area contributed by atoms with E-state index in [0.717, 1.165) is 73.1 Å². The average molecular weight is 398 g/mol. The lowest BCUT2D eigenvalue weighted by molar-refractivity contribution is -0.134. The number of nitrogens with zero attached hydrogens (tertiary/aromatic N) is 3. The van der Waals surface area contributed by atoms with Crippen molar-refractivity contribution >= 4 is 23.0 Å². The molecule has 4 rings (SSSR count). The number of Topliss-reactive ketones (excluding diaryl/α,β-unsaturated/α-hetero) is 1. The minimum atomic E-state index is -0.0514. The molecule has 1 atom stereocenters. The lowest BCUT2D eigenvalue weighted by Crippen LogP contribution is -2.49. The maximum atomic E-state index is 13.0. The van der Waals surface area contributed by atoms with E-state index < -0.39 is 0 Å². The van der Waals surface area contributed by atoms with Crippen molar-refractivity contribution in [1.29, 1.82) is 0 Å². The summed E-state index contributed by atoms with van der Waals surface area (Å²) < 4.78 is 0. The van der Waals surface area contributed by atoms with Gasteiger partial charge in [0, 0.05) is 32.6 Å². The van der Waals surface area contributed by atoms with Crippen LogP contribution in [0.1, 0.15) is 58.0 Å². The zero-order chi connectivity index (χ0) is 19.5. The molecule has 1 amide bonds. The summed E-state index contributed by atoms with van der Waals surface area (Å²) in [5, 5.41) is 1.04. The van der Waals surface area contributed by atoms with Gasteiger partial charge >= 0.3 is 0 Å². The Morgan fingerprint density at radius 2 is 1.89 bits per heavy atom. The van der Waals surface area contributed by atoms with Gasteiger partial charge in [-0.25, -0.2) is 4.98 Å². The van der Waals surface area contributed by atoms with Gasteiger partial charge in [-0.1, -0.05) is 37.3 Å². The first-order chi connectivity index (χ1) is 13.7. The molecule has 148 valence electrons. The molecule has 1 saturated heterocycles. The van der Waals surface area contributed by atoms with Crippen LogP contribution in [0.2, 0.25) is 0 Å². The van der Waals surface area contributed by atoms with E-state index in [-0.39, 0.29) is 17.6 Å². The van der Waals surface area contributed by atoms with Gasteiger partial charge in [0.1, 0.15) is 5.01 Å². The van der Waals surface area contributed by atoms with Gasteiger partial charge in [-0.05, 0) is 24.8 Å². The average Bonchev–Trinajstić information content (AvgIpc) is 3.14. The van der Waals surface area contributed by atoms with E-state index in [4.69, 9.17) is 4.98 Å². The molecule has 0 bridgehead atoms. The highest BCUT2D eigenvalue weighted by Gasteiger charge is 2.28. The van der Waals surface area contributed by atoms with Crippen LogP contribution in [0.5, 0.6) is 0 Å². The Morgan fingerprint density at radius 3 is 2.57 bits per heavy atom. The molecule has 0 saturated carbocycles. The van der Waals surface area contributed by atoms with Crippen molar-refractivity contribution < 1.29 is 9.59 Å². The summed E-state index contributed by atoms with van der Waals surface area (Å²) in [5.74, 6) is 0.444. The maximum absolute atomic E-state index is 13.0. The number of aromatic nitrogens is 1. The first-order valence-corrected chi connectivity index (χ1v) is 11.0. The largest absolute Gasteiger partial charge is 0.340 e. The van der Waals surface area contributed by atoms with Crippen LogP contribution in [0, 0.1) is 0 Å². The molecule has 1 aliphatic carbocycles. The lowest BCUT2D eigenvalue weighted by Gasteiger charge is -2.36. The number of piperazine rings is 1. The summed E-state index contributed by atoms with van der Waals surface area (Å²) >= 11 is 1.57. The number of fused-ring (bicyclic) bond motifs is 1. The second-order valence-electron chi connectivity index (χ2n) is 7.63. The minimum Gasteiger partial charge on any atom is -0.340 e. The second-order valence-corrected chi connectivity index (χ2v) is 8.72. The summed E-state index contributed by atoms with van der Waals surface area (Å²) in [6, 6.07) is 10.1. The summed E-state index contributed by atoms with van der Waals surface area (Å²) in [4.78, 5) is 35.0. The van der Waals surface area contributed by atoms with Crippen LogP contribution in [0.25, 0.3) is 0 Å². The predicted molar refractivity (Wildman–Crippen MR) is 111 cm³/mol. The monoisotopic (exact) mass is 397 g/mol. The minimum absolute atomic E-state index is 0.0514. The van der Waals surface area contributed by atoms with Crippen molar-refractivity contribution in [1.82, 2.24) is 14.8 Å². The molecule has 1 fully saturated rings. The van der Waals surface area contributed by atoms with E-state index in [1.54, 1.807) is 11.3 Å². The molecule has 5 nitrogen and oxygen atoms in total. The number of thiazole rings is 1. The molecule has 0 N–H and O–H groups in total. The van der Waals surface area contributed by atoms with Crippen LogP contribution >= 0.6 is 11.3 Å². The molecule has 0 radical (unpaired) electrons. The summed E-state index contributed by atoms with van der Waals surface area (Å²) in [6.45, 7) is 6.09. The van der Waals surface area contributed by atoms with Crippen molar-refractivity contribution in [3.63, 3.8) is 0 Å². The number of ketones is 1. The third kappa shape index (κ3) is 4.03. The summed E-state index contributed by atoms with van der Waals surface area (Å²) in [7, 11) is 0. The van der Waals surface area contributed by atoms with Crippen LogP contribution in [0.4, 0.5) is 0 Å². The molecule has 1 unspecified atom stereocenters. The van der Waals surface area contributed by atoms with Gasteiger partial charge in [-0.3, -0.25) is 14.5 Å². The van der Waals surface area contributed by atoms with Crippen molar-refractivity contribution in [2.24, 2.45) is 0 Å². The smallest absolute Gasteiger partial charge is 0.230 e. The normalized spacial score (nSPS) is 18.8. The van der Waals surface area contributed by atoms with Gasteiger partial charge < -0.3 is 4.90 Å². The molecule has 0 spiro atoms. The zero-order valence-corrected chi connectivity index (χ0v) is 17.2. The highest BCUT2D eigenvalue weighted by molar-refractivity contribution is 7.13. The Labute approximate surface area is 170 Å². The molecule has 28 heavy (non-hydrogen) atoms. The van der Waals surface area contributed by atoms with Crippen LogP contribution < -0.4 is 0 Å². The molecule has 2 aromatic rings. The van der Waals surface area contributed by atoms with Crippen LogP contribution in [-0.4, -0.2) is 52.7 Å². The second kappa shape index (κ2) is 8.53. The number of hydrogen-bond donors (Lipinski definition) is 0. The lowest BCUT2D eigenvalue weighted by atomic mass is 9.95. The van der Waals surface area contributed by atoms with E-state index in [1.807, 2.05) is 35.2 Å². The summed E-state index contributed by atoms with van der Waals surface area (Å²) in [6.07, 6.45) is 3.34. The Morgan fingerprint density at radius 1 is 1.14 bits per heavy atom. The molecule has 1 aliphatic heterocycles. The molecule has 6 heteroatoms. The standard InChI is InChI=1S/C22H27N3O2S/c1-2-17(16-7-4-3-5-8-16)22(27)25-13-11-24(12-14-25)15-20-23-18-9-6-10-19(26)21(18)28-20/h3-5,7-8,17H,2,6,9-15H2,1H3.